The summed E-state index contributed by atoms with van der Waals surface area (Å²) >= 11 is 8.73. The molecule has 2 aromatic rings. The van der Waals surface area contributed by atoms with Crippen LogP contribution in [0.25, 0.3) is 0 Å². The Labute approximate surface area is 128 Å². The molecule has 0 atom stereocenters. The van der Waals surface area contributed by atoms with Gasteiger partial charge in [-0.15, -0.1) is 0 Å². The van der Waals surface area contributed by atoms with Gasteiger partial charge in [-0.05, 0) is 61.0 Å². The van der Waals surface area contributed by atoms with Crippen molar-refractivity contribution in [1.82, 2.24) is 0 Å². The maximum absolute atomic E-state index is 5.66. The van der Waals surface area contributed by atoms with Gasteiger partial charge in [-0.2, -0.15) is 0 Å². The molecule has 0 radical (unpaired) electrons. The van der Waals surface area contributed by atoms with Gasteiger partial charge < -0.3 is 5.73 Å². The number of nitrogens with two attached hydrogens (primary N) is 1. The maximum atomic E-state index is 5.66. The summed E-state index contributed by atoms with van der Waals surface area (Å²) < 4.78 is 2.20. The Morgan fingerprint density at radius 1 is 0.944 bits per heavy atom. The van der Waals surface area contributed by atoms with E-state index in [1.807, 2.05) is 0 Å². The fourth-order valence-electron chi connectivity index (χ4n) is 1.63. The minimum absolute atomic E-state index is 0.671. The zero-order chi connectivity index (χ0) is 13.0. The maximum Gasteiger partial charge on any atom is 0.0178 e. The molecule has 0 saturated heterocycles. The van der Waals surface area contributed by atoms with Gasteiger partial charge in [-0.1, -0.05) is 43.6 Å². The Kier molecular flexibility index (Phi) is 5.30. The molecule has 0 unspecified atom stereocenters. The molecule has 94 valence electrons. The number of halogens is 2. The zero-order valence-corrected chi connectivity index (χ0v) is 13.7. The lowest BCUT2D eigenvalue weighted by Crippen LogP contribution is -2.03. The van der Waals surface area contributed by atoms with Gasteiger partial charge in [0.1, 0.15) is 0 Å². The molecule has 2 N–H and O–H groups in total. The minimum Gasteiger partial charge on any atom is -0.330 e. The number of rotatable bonds is 4. The molecule has 0 spiro atoms. The second-order valence-corrected chi connectivity index (χ2v) is 6.79. The minimum atomic E-state index is 0.671. The van der Waals surface area contributed by atoms with Crippen LogP contribution in [-0.2, 0) is 6.42 Å². The van der Waals surface area contributed by atoms with Crippen molar-refractivity contribution in [3.8, 4) is 0 Å². The summed E-state index contributed by atoms with van der Waals surface area (Å²) in [4.78, 5) is 2.50. The van der Waals surface area contributed by atoms with Crippen molar-refractivity contribution in [2.45, 2.75) is 16.2 Å². The van der Waals surface area contributed by atoms with Gasteiger partial charge in [0, 0.05) is 18.7 Å². The molecule has 0 aromatic heterocycles. The van der Waals surface area contributed by atoms with Gasteiger partial charge in [0.2, 0.25) is 0 Å². The summed E-state index contributed by atoms with van der Waals surface area (Å²) in [7, 11) is 0. The van der Waals surface area contributed by atoms with Crippen molar-refractivity contribution < 1.29 is 0 Å². The van der Waals surface area contributed by atoms with Crippen LogP contribution in [0.3, 0.4) is 0 Å². The normalized spacial score (nSPS) is 10.6. The van der Waals surface area contributed by atoms with E-state index in [1.54, 1.807) is 11.8 Å². The molecule has 0 aliphatic carbocycles. The molecule has 4 heteroatoms. The van der Waals surface area contributed by atoms with E-state index in [0.29, 0.717) is 6.54 Å². The average Bonchev–Trinajstić information content (AvgIpc) is 2.36. The average molecular weight is 387 g/mol. The summed E-state index contributed by atoms with van der Waals surface area (Å²) in [6.07, 6.45) is 0.901. The summed E-state index contributed by atoms with van der Waals surface area (Å²) in [6.45, 7) is 0.671. The summed E-state index contributed by atoms with van der Waals surface area (Å²) in [5.74, 6) is 0. The van der Waals surface area contributed by atoms with E-state index in [-0.39, 0.29) is 0 Å². The molecule has 1 nitrogen and oxygen atoms in total. The van der Waals surface area contributed by atoms with Crippen LogP contribution in [0.15, 0.2) is 61.2 Å². The van der Waals surface area contributed by atoms with Crippen molar-refractivity contribution in [2.75, 3.05) is 6.54 Å². The Hall–Kier alpha value is -0.290. The Bertz CT molecular complexity index is 526. The Balaban J connectivity index is 2.25. The molecule has 0 bridgehead atoms. The van der Waals surface area contributed by atoms with E-state index >= 15 is 0 Å². The highest BCUT2D eigenvalue weighted by Gasteiger charge is 2.05. The fraction of sp³-hybridized carbons (Fsp3) is 0.143. The fourth-order valence-corrected chi connectivity index (χ4v) is 3.26. The summed E-state index contributed by atoms with van der Waals surface area (Å²) in [5, 5.41) is 0. The molecule has 0 heterocycles. The first-order chi connectivity index (χ1) is 8.69. The topological polar surface area (TPSA) is 26.0 Å². The van der Waals surface area contributed by atoms with E-state index < -0.39 is 0 Å². The molecule has 2 rings (SSSR count). The van der Waals surface area contributed by atoms with Crippen LogP contribution < -0.4 is 5.73 Å². The van der Waals surface area contributed by atoms with Gasteiger partial charge in [0.05, 0.1) is 0 Å². The van der Waals surface area contributed by atoms with Crippen LogP contribution in [0.4, 0.5) is 0 Å². The standard InChI is InChI=1S/C14H13Br2NS/c15-11-1-4-13(5-2-11)18-14-6-3-12(16)9-10(14)7-8-17/h1-6,9H,7-8,17H2. The third-order valence-corrected chi connectivity index (χ3v) is 4.63. The molecule has 0 aliphatic rings. The largest absolute Gasteiger partial charge is 0.330 e. The first-order valence-corrected chi connectivity index (χ1v) is 8.01. The lowest BCUT2D eigenvalue weighted by molar-refractivity contribution is 0.943. The third-order valence-electron chi connectivity index (χ3n) is 2.48. The lowest BCUT2D eigenvalue weighted by atomic mass is 10.1. The quantitative estimate of drug-likeness (QED) is 0.811. The first kappa shape index (κ1) is 14.1. The number of hydrogen-bond acceptors (Lipinski definition) is 2. The highest BCUT2D eigenvalue weighted by molar-refractivity contribution is 9.10. The molecule has 0 fully saturated rings. The van der Waals surface area contributed by atoms with Crippen LogP contribution in [0.2, 0.25) is 0 Å². The molecule has 18 heavy (non-hydrogen) atoms. The monoisotopic (exact) mass is 385 g/mol. The first-order valence-electron chi connectivity index (χ1n) is 5.61. The molecular weight excluding hydrogens is 374 g/mol. The van der Waals surface area contributed by atoms with Crippen LogP contribution in [0, 0.1) is 0 Å². The van der Waals surface area contributed by atoms with Crippen LogP contribution >= 0.6 is 43.6 Å². The highest BCUT2D eigenvalue weighted by Crippen LogP contribution is 2.32. The number of benzene rings is 2. The highest BCUT2D eigenvalue weighted by atomic mass is 79.9. The Morgan fingerprint density at radius 3 is 2.28 bits per heavy atom. The molecule has 0 aliphatic heterocycles. The van der Waals surface area contributed by atoms with Crippen molar-refractivity contribution in [2.24, 2.45) is 5.73 Å². The van der Waals surface area contributed by atoms with Gasteiger partial charge >= 0.3 is 0 Å². The van der Waals surface area contributed by atoms with Gasteiger partial charge in [-0.3, -0.25) is 0 Å². The third kappa shape index (κ3) is 3.85. The van der Waals surface area contributed by atoms with Crippen molar-refractivity contribution in [1.29, 1.82) is 0 Å². The van der Waals surface area contributed by atoms with E-state index in [0.717, 1.165) is 15.4 Å². The van der Waals surface area contributed by atoms with Gasteiger partial charge in [-0.25, -0.2) is 0 Å². The van der Waals surface area contributed by atoms with E-state index in [4.69, 9.17) is 5.73 Å². The van der Waals surface area contributed by atoms with Crippen molar-refractivity contribution in [3.63, 3.8) is 0 Å². The van der Waals surface area contributed by atoms with E-state index in [2.05, 4.69) is 74.3 Å². The zero-order valence-electron chi connectivity index (χ0n) is 9.70. The molecule has 0 saturated carbocycles. The van der Waals surface area contributed by atoms with Crippen LogP contribution in [-0.4, -0.2) is 6.54 Å². The van der Waals surface area contributed by atoms with Crippen LogP contribution in [0.1, 0.15) is 5.56 Å². The predicted octanol–water partition coefficient (Wildman–Crippen LogP) is 4.86. The Morgan fingerprint density at radius 2 is 1.61 bits per heavy atom. The van der Waals surface area contributed by atoms with Crippen molar-refractivity contribution in [3.05, 3.63) is 57.0 Å². The molecule has 0 amide bonds. The van der Waals surface area contributed by atoms with Gasteiger partial charge in [0.15, 0.2) is 0 Å². The van der Waals surface area contributed by atoms with Crippen molar-refractivity contribution >= 4 is 43.6 Å². The lowest BCUT2D eigenvalue weighted by Gasteiger charge is -2.09. The number of hydrogen-bond donors (Lipinski definition) is 1. The van der Waals surface area contributed by atoms with Crippen LogP contribution in [0.5, 0.6) is 0 Å². The second-order valence-electron chi connectivity index (χ2n) is 3.85. The van der Waals surface area contributed by atoms with E-state index in [1.165, 1.54) is 15.4 Å². The van der Waals surface area contributed by atoms with Gasteiger partial charge in [0.25, 0.3) is 0 Å². The molecular formula is C14H13Br2NS. The van der Waals surface area contributed by atoms with E-state index in [9.17, 15) is 0 Å². The smallest absolute Gasteiger partial charge is 0.0178 e. The second kappa shape index (κ2) is 6.75. The predicted molar refractivity (Wildman–Crippen MR) is 85.2 cm³/mol. The summed E-state index contributed by atoms with van der Waals surface area (Å²) in [5.41, 5.74) is 6.95. The molecule has 2 aromatic carbocycles. The summed E-state index contributed by atoms with van der Waals surface area (Å²) in [6, 6.07) is 14.7. The SMILES string of the molecule is NCCc1cc(Br)ccc1Sc1ccc(Br)cc1.